The third-order valence-corrected chi connectivity index (χ3v) is 0.365. The van der Waals surface area contributed by atoms with E-state index in [0.717, 1.165) is 0 Å². The molecule has 0 rings (SSSR count). The molecule has 0 saturated carbocycles. The summed E-state index contributed by atoms with van der Waals surface area (Å²) in [7, 11) is 0. The molecule has 4 heteroatoms. The van der Waals surface area contributed by atoms with Gasteiger partial charge in [-0.05, 0) is 6.42 Å². The molecule has 0 aromatic carbocycles. The normalized spacial score (nSPS) is 6.86. The van der Waals surface area contributed by atoms with Crippen molar-refractivity contribution in [1.29, 1.82) is 0 Å². The van der Waals surface area contributed by atoms with E-state index >= 15 is 0 Å². The Morgan fingerprint density at radius 1 is 1.29 bits per heavy atom. The maximum Gasteiger partial charge on any atom is 0.151 e. The number of rotatable bonds is 1. The Hall–Kier alpha value is 1.35. The van der Waals surface area contributed by atoms with Crippen molar-refractivity contribution in [3.63, 3.8) is 0 Å². The summed E-state index contributed by atoms with van der Waals surface area (Å²) in [5, 5.41) is 15.8. The van der Waals surface area contributed by atoms with Crippen LogP contribution in [0.15, 0.2) is 0 Å². The Bertz CT molecular complexity index is 24.9. The van der Waals surface area contributed by atoms with Crippen molar-refractivity contribution < 1.29 is 53.6 Å². The van der Waals surface area contributed by atoms with Crippen molar-refractivity contribution in [2.24, 2.45) is 0 Å². The topological polar surface area (TPSA) is 40.5 Å². The molecule has 0 atom stereocenters. The van der Waals surface area contributed by atoms with E-state index in [1.807, 2.05) is 0 Å². The Balaban J connectivity index is -0.0000000800. The quantitative estimate of drug-likeness (QED) is 0.421. The van der Waals surface area contributed by atoms with Crippen LogP contribution in [-0.2, 0) is 43.4 Å². The van der Waals surface area contributed by atoms with Crippen molar-refractivity contribution in [2.45, 2.75) is 19.6 Å². The molecule has 0 aliphatic rings. The zero-order valence-electron chi connectivity index (χ0n) is 4.18. The van der Waals surface area contributed by atoms with Gasteiger partial charge < -0.3 is 10.2 Å². The molecular formula is C3H8O2Ti2. The first-order chi connectivity index (χ1) is 2.27. The summed E-state index contributed by atoms with van der Waals surface area (Å²) < 4.78 is 0. The van der Waals surface area contributed by atoms with E-state index in [-0.39, 0.29) is 43.4 Å². The fraction of sp³-hybridized carbons (Fsp3) is 1.00. The van der Waals surface area contributed by atoms with Crippen LogP contribution >= 0.6 is 0 Å². The summed E-state index contributed by atoms with van der Waals surface area (Å²) in [5.41, 5.74) is 0. The van der Waals surface area contributed by atoms with Gasteiger partial charge in [-0.15, -0.1) is 0 Å². The second-order valence-electron chi connectivity index (χ2n) is 0.889. The molecule has 0 fully saturated rings. The number of aliphatic hydroxyl groups excluding tert-OH is 1. The van der Waals surface area contributed by atoms with Crippen LogP contribution in [0, 0.1) is 0 Å². The summed E-state index contributed by atoms with van der Waals surface area (Å²) >= 11 is 0. The fourth-order valence-electron chi connectivity index (χ4n) is 0. The number of hydrogen-bond acceptors (Lipinski definition) is 2. The van der Waals surface area contributed by atoms with Gasteiger partial charge in [0.1, 0.15) is 0 Å². The molecule has 0 unspecified atom stereocenters. The molecule has 0 aromatic heterocycles. The Morgan fingerprint density at radius 3 is 1.43 bits per heavy atom. The summed E-state index contributed by atoms with van der Waals surface area (Å²) in [4.78, 5) is 0. The van der Waals surface area contributed by atoms with Gasteiger partial charge in [0.2, 0.25) is 0 Å². The van der Waals surface area contributed by atoms with E-state index in [4.69, 9.17) is 10.2 Å². The third kappa shape index (κ3) is 18.7. The summed E-state index contributed by atoms with van der Waals surface area (Å²) in [6, 6.07) is 0. The van der Waals surface area contributed by atoms with Gasteiger partial charge in [-0.25, -0.2) is 0 Å². The van der Waals surface area contributed by atoms with Gasteiger partial charge in [0.05, 0.1) is 0 Å². The van der Waals surface area contributed by atoms with Crippen molar-refractivity contribution in [3.8, 4) is 0 Å². The van der Waals surface area contributed by atoms with E-state index in [9.17, 15) is 0 Å². The van der Waals surface area contributed by atoms with Crippen LogP contribution in [0.5, 0.6) is 0 Å². The molecule has 0 radical (unpaired) electrons. The SMILES string of the molecule is CCC(O)O.[Ti].[Ti]. The molecule has 0 bridgehead atoms. The summed E-state index contributed by atoms with van der Waals surface area (Å²) in [6.45, 7) is 1.70. The van der Waals surface area contributed by atoms with Gasteiger partial charge in [0.25, 0.3) is 0 Å². The molecule has 0 aliphatic carbocycles. The second kappa shape index (κ2) is 10.4. The summed E-state index contributed by atoms with van der Waals surface area (Å²) in [6.07, 6.45) is -0.699. The maximum atomic E-state index is 7.92. The van der Waals surface area contributed by atoms with E-state index < -0.39 is 6.29 Å². The van der Waals surface area contributed by atoms with E-state index in [0.29, 0.717) is 6.42 Å². The molecular weight excluding hydrogens is 164 g/mol. The van der Waals surface area contributed by atoms with Crippen LogP contribution < -0.4 is 0 Å². The predicted molar refractivity (Wildman–Crippen MR) is 18.5 cm³/mol. The molecule has 0 amide bonds. The first-order valence-electron chi connectivity index (χ1n) is 1.63. The Morgan fingerprint density at radius 2 is 1.43 bits per heavy atom. The zero-order valence-corrected chi connectivity index (χ0v) is 7.30. The van der Waals surface area contributed by atoms with E-state index in [1.165, 1.54) is 0 Å². The average molecular weight is 172 g/mol. The molecule has 0 saturated heterocycles. The van der Waals surface area contributed by atoms with Crippen molar-refractivity contribution >= 4 is 0 Å². The van der Waals surface area contributed by atoms with Crippen LogP contribution in [0.3, 0.4) is 0 Å². The molecule has 7 heavy (non-hydrogen) atoms. The third-order valence-electron chi connectivity index (χ3n) is 0.365. The Kier molecular flexibility index (Phi) is 23.3. The van der Waals surface area contributed by atoms with Gasteiger partial charge in [0.15, 0.2) is 6.29 Å². The fourth-order valence-corrected chi connectivity index (χ4v) is 0. The van der Waals surface area contributed by atoms with Crippen molar-refractivity contribution in [1.82, 2.24) is 0 Å². The molecule has 0 heterocycles. The molecule has 2 N–H and O–H groups in total. The minimum atomic E-state index is -1.12. The smallest absolute Gasteiger partial charge is 0.151 e. The van der Waals surface area contributed by atoms with Gasteiger partial charge in [0, 0.05) is 43.4 Å². The first-order valence-corrected chi connectivity index (χ1v) is 1.63. The Labute approximate surface area is 73.1 Å². The second-order valence-corrected chi connectivity index (χ2v) is 0.889. The molecule has 0 aliphatic heterocycles. The predicted octanol–water partition coefficient (Wildman–Crippen LogP) is -0.298. The first kappa shape index (κ1) is 15.8. The van der Waals surface area contributed by atoms with Crippen LogP contribution in [0.1, 0.15) is 13.3 Å². The zero-order chi connectivity index (χ0) is 4.28. The minimum absolute atomic E-state index is 0. The largest absolute Gasteiger partial charge is 0.368 e. The van der Waals surface area contributed by atoms with Crippen molar-refractivity contribution in [2.75, 3.05) is 0 Å². The molecule has 40 valence electrons. The maximum absolute atomic E-state index is 7.92. The van der Waals surface area contributed by atoms with Gasteiger partial charge in [-0.1, -0.05) is 6.92 Å². The molecule has 0 spiro atoms. The van der Waals surface area contributed by atoms with Crippen LogP contribution in [0.2, 0.25) is 0 Å². The number of hydrogen-bond donors (Lipinski definition) is 2. The van der Waals surface area contributed by atoms with Gasteiger partial charge >= 0.3 is 0 Å². The average Bonchev–Trinajstić information content (AvgIpc) is 1.38. The van der Waals surface area contributed by atoms with E-state index in [1.54, 1.807) is 6.92 Å². The van der Waals surface area contributed by atoms with Crippen LogP contribution in [0.25, 0.3) is 0 Å². The summed E-state index contributed by atoms with van der Waals surface area (Å²) in [5.74, 6) is 0. The van der Waals surface area contributed by atoms with Gasteiger partial charge in [-0.3, -0.25) is 0 Å². The minimum Gasteiger partial charge on any atom is -0.368 e. The van der Waals surface area contributed by atoms with Gasteiger partial charge in [-0.2, -0.15) is 0 Å². The van der Waals surface area contributed by atoms with Crippen LogP contribution in [-0.4, -0.2) is 16.5 Å². The standard InChI is InChI=1S/C3H8O2.2Ti/c1-2-3(4)5;;/h3-5H,2H2,1H3;;. The van der Waals surface area contributed by atoms with E-state index in [2.05, 4.69) is 0 Å². The number of aliphatic hydroxyl groups is 2. The molecule has 2 nitrogen and oxygen atoms in total. The van der Waals surface area contributed by atoms with Crippen molar-refractivity contribution in [3.05, 3.63) is 0 Å². The van der Waals surface area contributed by atoms with Crippen LogP contribution in [0.4, 0.5) is 0 Å². The molecule has 0 aromatic rings. The monoisotopic (exact) mass is 172 g/mol.